The summed E-state index contributed by atoms with van der Waals surface area (Å²) in [7, 11) is 0. The van der Waals surface area contributed by atoms with Crippen LogP contribution in [0.25, 0.3) is 0 Å². The van der Waals surface area contributed by atoms with E-state index in [-0.39, 0.29) is 0 Å². The summed E-state index contributed by atoms with van der Waals surface area (Å²) in [6.07, 6.45) is 1.53. The topological polar surface area (TPSA) is 49.8 Å². The molecule has 0 atom stereocenters. The minimum Gasteiger partial charge on any atom is -0.369 e. The first-order chi connectivity index (χ1) is 8.70. The van der Waals surface area contributed by atoms with E-state index in [4.69, 9.17) is 11.6 Å². The van der Waals surface area contributed by atoms with E-state index in [2.05, 4.69) is 36.5 Å². The largest absolute Gasteiger partial charge is 0.369 e. The number of anilines is 2. The van der Waals surface area contributed by atoms with Crippen LogP contribution in [0.3, 0.4) is 0 Å². The molecule has 0 aromatic carbocycles. The Hall–Kier alpha value is -0.850. The number of hydrogen-bond donors (Lipinski definition) is 2. The Balaban J connectivity index is 2.07. The highest BCUT2D eigenvalue weighted by atomic mass is 79.9. The van der Waals surface area contributed by atoms with Gasteiger partial charge in [0.25, 0.3) is 0 Å². The van der Waals surface area contributed by atoms with Gasteiger partial charge in [-0.2, -0.15) is 0 Å². The van der Waals surface area contributed by atoms with Gasteiger partial charge in [0.2, 0.25) is 0 Å². The van der Waals surface area contributed by atoms with Crippen molar-refractivity contribution in [3.8, 4) is 0 Å². The second kappa shape index (κ2) is 6.36. The van der Waals surface area contributed by atoms with Crippen molar-refractivity contribution in [1.82, 2.24) is 9.97 Å². The quantitative estimate of drug-likeness (QED) is 0.858. The van der Waals surface area contributed by atoms with E-state index in [0.29, 0.717) is 6.54 Å². The summed E-state index contributed by atoms with van der Waals surface area (Å²) < 4.78 is 1.64. The molecule has 7 heteroatoms. The minimum absolute atomic E-state index is 0.693. The Bertz CT molecular complexity index is 532. The van der Waals surface area contributed by atoms with Crippen molar-refractivity contribution in [3.63, 3.8) is 0 Å². The minimum atomic E-state index is 0.693. The average molecular weight is 348 g/mol. The highest BCUT2D eigenvalue weighted by molar-refractivity contribution is 9.10. The predicted octanol–water partition coefficient (Wildman–Crippen LogP) is 4.00. The molecule has 18 heavy (non-hydrogen) atoms. The fourth-order valence-electron chi connectivity index (χ4n) is 1.40. The van der Waals surface area contributed by atoms with Crippen molar-refractivity contribution in [2.75, 3.05) is 17.2 Å². The summed E-state index contributed by atoms with van der Waals surface area (Å²) >= 11 is 10.9. The van der Waals surface area contributed by atoms with Gasteiger partial charge in [0.15, 0.2) is 0 Å². The normalized spacial score (nSPS) is 10.4. The van der Waals surface area contributed by atoms with E-state index in [1.54, 1.807) is 11.3 Å². The second-order valence-electron chi connectivity index (χ2n) is 3.47. The highest BCUT2D eigenvalue weighted by Gasteiger charge is 2.08. The Labute approximate surface area is 123 Å². The molecule has 2 aromatic heterocycles. The zero-order chi connectivity index (χ0) is 13.0. The molecule has 0 spiro atoms. The van der Waals surface area contributed by atoms with Crippen molar-refractivity contribution in [3.05, 3.63) is 32.1 Å². The number of hydrogen-bond acceptors (Lipinski definition) is 5. The second-order valence-corrected chi connectivity index (χ2v) is 6.07. The Morgan fingerprint density at radius 2 is 2.00 bits per heavy atom. The number of halogens is 2. The lowest BCUT2D eigenvalue weighted by Gasteiger charge is -2.09. The Morgan fingerprint density at radius 1 is 1.28 bits per heavy atom. The third kappa shape index (κ3) is 3.34. The number of rotatable bonds is 5. The summed E-state index contributed by atoms with van der Waals surface area (Å²) in [4.78, 5) is 9.53. The van der Waals surface area contributed by atoms with E-state index in [1.165, 1.54) is 6.33 Å². The fraction of sp³-hybridized carbons (Fsp3) is 0.273. The third-order valence-corrected chi connectivity index (χ3v) is 4.17. The first-order valence-electron chi connectivity index (χ1n) is 5.43. The molecule has 96 valence electrons. The SMILES string of the molecule is CCNc1ncnc(NCc2ccc(Cl)s2)c1Br. The molecule has 0 unspecified atom stereocenters. The van der Waals surface area contributed by atoms with E-state index < -0.39 is 0 Å². The lowest BCUT2D eigenvalue weighted by molar-refractivity contribution is 1.07. The van der Waals surface area contributed by atoms with Crippen LogP contribution < -0.4 is 10.6 Å². The van der Waals surface area contributed by atoms with Crippen molar-refractivity contribution >= 4 is 50.5 Å². The molecule has 0 fully saturated rings. The van der Waals surface area contributed by atoms with Gasteiger partial charge in [0.05, 0.1) is 10.9 Å². The molecule has 4 nitrogen and oxygen atoms in total. The van der Waals surface area contributed by atoms with Crippen molar-refractivity contribution in [2.24, 2.45) is 0 Å². The number of aromatic nitrogens is 2. The van der Waals surface area contributed by atoms with Gasteiger partial charge < -0.3 is 10.6 Å². The molecule has 0 aliphatic heterocycles. The van der Waals surface area contributed by atoms with E-state index >= 15 is 0 Å². The summed E-state index contributed by atoms with van der Waals surface area (Å²) in [5.74, 6) is 1.56. The van der Waals surface area contributed by atoms with E-state index in [9.17, 15) is 0 Å². The van der Waals surface area contributed by atoms with Crippen LogP contribution in [0, 0.1) is 0 Å². The summed E-state index contributed by atoms with van der Waals surface area (Å²) in [5.41, 5.74) is 0. The first kappa shape index (κ1) is 13.6. The molecular weight excluding hydrogens is 336 g/mol. The van der Waals surface area contributed by atoms with Gasteiger partial charge in [-0.15, -0.1) is 11.3 Å². The molecule has 0 aliphatic rings. The highest BCUT2D eigenvalue weighted by Crippen LogP contribution is 2.28. The third-order valence-electron chi connectivity index (χ3n) is 2.19. The molecule has 0 amide bonds. The van der Waals surface area contributed by atoms with Crippen LogP contribution >= 0.6 is 38.9 Å². The first-order valence-corrected chi connectivity index (χ1v) is 7.42. The van der Waals surface area contributed by atoms with Crippen LogP contribution in [-0.4, -0.2) is 16.5 Å². The lowest BCUT2D eigenvalue weighted by Crippen LogP contribution is -2.05. The van der Waals surface area contributed by atoms with Crippen LogP contribution in [-0.2, 0) is 6.54 Å². The predicted molar refractivity (Wildman–Crippen MR) is 80.6 cm³/mol. The van der Waals surface area contributed by atoms with Gasteiger partial charge >= 0.3 is 0 Å². The van der Waals surface area contributed by atoms with Gasteiger partial charge in [0.1, 0.15) is 22.4 Å². The summed E-state index contributed by atoms with van der Waals surface area (Å²) in [5, 5.41) is 6.42. The molecule has 0 aliphatic carbocycles. The zero-order valence-electron chi connectivity index (χ0n) is 9.70. The molecule has 2 aromatic rings. The van der Waals surface area contributed by atoms with Gasteiger partial charge in [0, 0.05) is 11.4 Å². The number of nitrogens with zero attached hydrogens (tertiary/aromatic N) is 2. The molecule has 0 bridgehead atoms. The fourth-order valence-corrected chi connectivity index (χ4v) is 2.91. The monoisotopic (exact) mass is 346 g/mol. The maximum absolute atomic E-state index is 5.89. The van der Waals surface area contributed by atoms with Gasteiger partial charge in [-0.25, -0.2) is 9.97 Å². The van der Waals surface area contributed by atoms with Crippen LogP contribution in [0.1, 0.15) is 11.8 Å². The molecule has 0 saturated heterocycles. The Morgan fingerprint density at radius 3 is 2.61 bits per heavy atom. The van der Waals surface area contributed by atoms with Gasteiger partial charge in [-0.3, -0.25) is 0 Å². The van der Waals surface area contributed by atoms with Crippen LogP contribution in [0.4, 0.5) is 11.6 Å². The average Bonchev–Trinajstić information content (AvgIpc) is 2.77. The van der Waals surface area contributed by atoms with Crippen molar-refractivity contribution in [1.29, 1.82) is 0 Å². The summed E-state index contributed by atoms with van der Waals surface area (Å²) in [6, 6.07) is 3.89. The summed E-state index contributed by atoms with van der Waals surface area (Å²) in [6.45, 7) is 3.53. The van der Waals surface area contributed by atoms with Gasteiger partial charge in [-0.05, 0) is 35.0 Å². The lowest BCUT2D eigenvalue weighted by atomic mass is 10.4. The van der Waals surface area contributed by atoms with Crippen molar-refractivity contribution < 1.29 is 0 Å². The van der Waals surface area contributed by atoms with Crippen molar-refractivity contribution in [2.45, 2.75) is 13.5 Å². The standard InChI is InChI=1S/C11H12BrClN4S/c1-2-14-10-9(12)11(17-6-16-10)15-5-7-3-4-8(13)18-7/h3-4,6H,2,5H2,1H3,(H2,14,15,16,17). The molecular formula is C11H12BrClN4S. The molecule has 0 radical (unpaired) electrons. The Kier molecular flexibility index (Phi) is 4.79. The maximum atomic E-state index is 5.89. The maximum Gasteiger partial charge on any atom is 0.146 e. The van der Waals surface area contributed by atoms with E-state index in [0.717, 1.165) is 31.9 Å². The van der Waals surface area contributed by atoms with E-state index in [1.807, 2.05) is 19.1 Å². The molecule has 2 heterocycles. The smallest absolute Gasteiger partial charge is 0.146 e. The number of nitrogens with one attached hydrogen (secondary N) is 2. The van der Waals surface area contributed by atoms with Crippen LogP contribution in [0.2, 0.25) is 4.34 Å². The zero-order valence-corrected chi connectivity index (χ0v) is 12.9. The molecule has 0 saturated carbocycles. The van der Waals surface area contributed by atoms with Crippen LogP contribution in [0.5, 0.6) is 0 Å². The van der Waals surface area contributed by atoms with Crippen LogP contribution in [0.15, 0.2) is 22.9 Å². The van der Waals surface area contributed by atoms with Gasteiger partial charge in [-0.1, -0.05) is 11.6 Å². The molecule has 2 rings (SSSR count). The number of thiophene rings is 1. The molecule has 2 N–H and O–H groups in total.